The smallest absolute Gasteiger partial charge is 0.0399 e. The number of allylic oxidation sites excluding steroid dienone is 2. The first kappa shape index (κ1) is 8.54. The van der Waals surface area contributed by atoms with Crippen LogP contribution in [0.4, 0.5) is 0 Å². The molecule has 0 aromatic rings. The van der Waals surface area contributed by atoms with E-state index in [-0.39, 0.29) is 5.54 Å². The molecule has 1 atom stereocenters. The van der Waals surface area contributed by atoms with E-state index in [9.17, 15) is 0 Å². The molecule has 0 saturated heterocycles. The fourth-order valence-electron chi connectivity index (χ4n) is 1.61. The van der Waals surface area contributed by atoms with Gasteiger partial charge in [0, 0.05) is 5.54 Å². The van der Waals surface area contributed by atoms with E-state index >= 15 is 0 Å². The van der Waals surface area contributed by atoms with Crippen molar-refractivity contribution in [2.24, 2.45) is 0 Å². The molecular formula is C10H17N. The van der Waals surface area contributed by atoms with Gasteiger partial charge in [0.2, 0.25) is 0 Å². The van der Waals surface area contributed by atoms with Gasteiger partial charge in [0.1, 0.15) is 0 Å². The highest BCUT2D eigenvalue weighted by Gasteiger charge is 2.22. The first-order chi connectivity index (χ1) is 5.33. The van der Waals surface area contributed by atoms with Crippen LogP contribution < -0.4 is 5.32 Å². The molecule has 0 radical (unpaired) electrons. The van der Waals surface area contributed by atoms with Crippen LogP contribution in [0.25, 0.3) is 0 Å². The Morgan fingerprint density at radius 2 is 2.27 bits per heavy atom. The predicted molar refractivity (Wildman–Crippen MR) is 49.6 cm³/mol. The van der Waals surface area contributed by atoms with E-state index < -0.39 is 0 Å². The highest BCUT2D eigenvalue weighted by molar-refractivity contribution is 5.20. The number of rotatable bonds is 3. The lowest BCUT2D eigenvalue weighted by atomic mass is 9.87. The SMILES string of the molecule is CCCC1(NC)C=CC=CC1. The summed E-state index contributed by atoms with van der Waals surface area (Å²) in [7, 11) is 2.04. The second-order valence-corrected chi connectivity index (χ2v) is 3.15. The second kappa shape index (κ2) is 3.72. The Hall–Kier alpha value is -0.560. The minimum Gasteiger partial charge on any atom is -0.311 e. The van der Waals surface area contributed by atoms with Gasteiger partial charge in [-0.15, -0.1) is 0 Å². The van der Waals surface area contributed by atoms with E-state index in [1.807, 2.05) is 7.05 Å². The predicted octanol–water partition coefficient (Wildman–Crippen LogP) is 2.26. The number of hydrogen-bond acceptors (Lipinski definition) is 1. The van der Waals surface area contributed by atoms with Gasteiger partial charge in [0.25, 0.3) is 0 Å². The standard InChI is InChI=1S/C10H17N/c1-3-7-10(11-2)8-5-4-6-9-10/h4-6,8,11H,3,7,9H2,1-2H3. The third kappa shape index (κ3) is 1.93. The molecular weight excluding hydrogens is 134 g/mol. The Balaban J connectivity index is 2.60. The fourth-order valence-corrected chi connectivity index (χ4v) is 1.61. The van der Waals surface area contributed by atoms with Crippen LogP contribution in [0.15, 0.2) is 24.3 Å². The molecule has 1 rings (SSSR count). The molecule has 0 amide bonds. The summed E-state index contributed by atoms with van der Waals surface area (Å²) in [5, 5.41) is 3.38. The summed E-state index contributed by atoms with van der Waals surface area (Å²) in [6, 6.07) is 0. The molecule has 62 valence electrons. The molecule has 1 aliphatic rings. The van der Waals surface area contributed by atoms with Gasteiger partial charge in [-0.1, -0.05) is 37.6 Å². The maximum Gasteiger partial charge on any atom is 0.0399 e. The van der Waals surface area contributed by atoms with Gasteiger partial charge < -0.3 is 5.32 Å². The Morgan fingerprint density at radius 1 is 1.45 bits per heavy atom. The van der Waals surface area contributed by atoms with E-state index in [1.165, 1.54) is 12.8 Å². The van der Waals surface area contributed by atoms with Crippen LogP contribution in [0.2, 0.25) is 0 Å². The van der Waals surface area contributed by atoms with Gasteiger partial charge >= 0.3 is 0 Å². The van der Waals surface area contributed by atoms with Crippen molar-refractivity contribution in [2.75, 3.05) is 7.05 Å². The van der Waals surface area contributed by atoms with Crippen LogP contribution in [0.3, 0.4) is 0 Å². The first-order valence-electron chi connectivity index (χ1n) is 4.36. The maximum absolute atomic E-state index is 3.38. The lowest BCUT2D eigenvalue weighted by Gasteiger charge is -2.30. The fraction of sp³-hybridized carbons (Fsp3) is 0.600. The summed E-state index contributed by atoms with van der Waals surface area (Å²) < 4.78 is 0. The van der Waals surface area contributed by atoms with Crippen molar-refractivity contribution < 1.29 is 0 Å². The molecule has 1 aliphatic carbocycles. The van der Waals surface area contributed by atoms with Crippen LogP contribution in [0, 0.1) is 0 Å². The average Bonchev–Trinajstić information content (AvgIpc) is 2.07. The van der Waals surface area contributed by atoms with Gasteiger partial charge in [0.15, 0.2) is 0 Å². The number of nitrogens with one attached hydrogen (secondary N) is 1. The molecule has 0 bridgehead atoms. The van der Waals surface area contributed by atoms with Crippen LogP contribution in [-0.2, 0) is 0 Å². The lowest BCUT2D eigenvalue weighted by Crippen LogP contribution is -2.40. The van der Waals surface area contributed by atoms with Crippen LogP contribution in [0.5, 0.6) is 0 Å². The Morgan fingerprint density at radius 3 is 2.73 bits per heavy atom. The van der Waals surface area contributed by atoms with Gasteiger partial charge in [-0.25, -0.2) is 0 Å². The summed E-state index contributed by atoms with van der Waals surface area (Å²) in [4.78, 5) is 0. The van der Waals surface area contributed by atoms with E-state index in [0.717, 1.165) is 6.42 Å². The maximum atomic E-state index is 3.38. The first-order valence-corrected chi connectivity index (χ1v) is 4.36. The van der Waals surface area contributed by atoms with Gasteiger partial charge in [0.05, 0.1) is 0 Å². The molecule has 0 aromatic carbocycles. The third-order valence-corrected chi connectivity index (χ3v) is 2.34. The highest BCUT2D eigenvalue weighted by Crippen LogP contribution is 2.22. The van der Waals surface area contributed by atoms with Crippen molar-refractivity contribution >= 4 is 0 Å². The molecule has 11 heavy (non-hydrogen) atoms. The topological polar surface area (TPSA) is 12.0 Å². The van der Waals surface area contributed by atoms with Crippen molar-refractivity contribution in [3.05, 3.63) is 24.3 Å². The van der Waals surface area contributed by atoms with E-state index in [2.05, 4.69) is 36.5 Å². The summed E-state index contributed by atoms with van der Waals surface area (Å²) in [6.45, 7) is 2.23. The van der Waals surface area contributed by atoms with Crippen molar-refractivity contribution in [3.63, 3.8) is 0 Å². The summed E-state index contributed by atoms with van der Waals surface area (Å²) in [5.74, 6) is 0. The van der Waals surface area contributed by atoms with Crippen molar-refractivity contribution in [1.82, 2.24) is 5.32 Å². The molecule has 0 aromatic heterocycles. The second-order valence-electron chi connectivity index (χ2n) is 3.15. The Kier molecular flexibility index (Phi) is 2.89. The van der Waals surface area contributed by atoms with E-state index in [4.69, 9.17) is 0 Å². The Labute approximate surface area is 69.2 Å². The Bertz CT molecular complexity index is 170. The largest absolute Gasteiger partial charge is 0.311 e. The zero-order valence-electron chi connectivity index (χ0n) is 7.43. The van der Waals surface area contributed by atoms with Crippen molar-refractivity contribution in [1.29, 1.82) is 0 Å². The number of hydrogen-bond donors (Lipinski definition) is 1. The highest BCUT2D eigenvalue weighted by atomic mass is 14.9. The third-order valence-electron chi connectivity index (χ3n) is 2.34. The van der Waals surface area contributed by atoms with Crippen LogP contribution in [-0.4, -0.2) is 12.6 Å². The van der Waals surface area contributed by atoms with Crippen LogP contribution >= 0.6 is 0 Å². The molecule has 0 fully saturated rings. The molecule has 1 heteroatoms. The number of likely N-dealkylation sites (N-methyl/N-ethyl adjacent to an activating group) is 1. The van der Waals surface area contributed by atoms with E-state index in [0.29, 0.717) is 0 Å². The van der Waals surface area contributed by atoms with Crippen molar-refractivity contribution in [3.8, 4) is 0 Å². The molecule has 1 N–H and O–H groups in total. The van der Waals surface area contributed by atoms with Gasteiger partial charge in [-0.3, -0.25) is 0 Å². The molecule has 1 unspecified atom stereocenters. The monoisotopic (exact) mass is 151 g/mol. The summed E-state index contributed by atoms with van der Waals surface area (Å²) in [6.07, 6.45) is 12.3. The minimum atomic E-state index is 0.253. The average molecular weight is 151 g/mol. The molecule has 0 aliphatic heterocycles. The van der Waals surface area contributed by atoms with Crippen molar-refractivity contribution in [2.45, 2.75) is 31.7 Å². The normalized spacial score (nSPS) is 29.3. The van der Waals surface area contributed by atoms with Gasteiger partial charge in [-0.2, -0.15) is 0 Å². The lowest BCUT2D eigenvalue weighted by molar-refractivity contribution is 0.402. The summed E-state index contributed by atoms with van der Waals surface area (Å²) >= 11 is 0. The zero-order valence-corrected chi connectivity index (χ0v) is 7.43. The van der Waals surface area contributed by atoms with Gasteiger partial charge in [-0.05, 0) is 19.9 Å². The molecule has 0 saturated carbocycles. The molecule has 0 spiro atoms. The molecule has 1 nitrogen and oxygen atoms in total. The van der Waals surface area contributed by atoms with E-state index in [1.54, 1.807) is 0 Å². The zero-order chi connectivity index (χ0) is 8.16. The summed E-state index contributed by atoms with van der Waals surface area (Å²) in [5.41, 5.74) is 0.253. The quantitative estimate of drug-likeness (QED) is 0.652. The van der Waals surface area contributed by atoms with Crippen LogP contribution in [0.1, 0.15) is 26.2 Å². The minimum absolute atomic E-state index is 0.253. The molecule has 0 heterocycles.